The molecular formula is C33H34N2O4. The summed E-state index contributed by atoms with van der Waals surface area (Å²) < 4.78 is 17.5. The number of nitrogens with zero attached hydrogens (tertiary/aromatic N) is 2. The van der Waals surface area contributed by atoms with Gasteiger partial charge in [-0.25, -0.2) is 4.98 Å². The topological polar surface area (TPSA) is 81.4 Å². The molecule has 0 amide bonds. The number of aryl methyl sites for hydroxylation is 2. The van der Waals surface area contributed by atoms with Crippen LogP contribution in [0.3, 0.4) is 0 Å². The lowest BCUT2D eigenvalue weighted by Crippen LogP contribution is -2.41. The molecule has 3 aliphatic carbocycles. The summed E-state index contributed by atoms with van der Waals surface area (Å²) in [5.41, 5.74) is 7.88. The largest absolute Gasteiger partial charge is 0.490 e. The molecule has 3 aromatic rings. The number of fused-ring (bicyclic) bond motifs is 3. The Labute approximate surface area is 229 Å². The van der Waals surface area contributed by atoms with Crippen molar-refractivity contribution in [3.05, 3.63) is 76.5 Å². The molecule has 3 atom stereocenters. The van der Waals surface area contributed by atoms with Gasteiger partial charge in [0.05, 0.1) is 24.0 Å². The second-order valence-corrected chi connectivity index (χ2v) is 11.6. The van der Waals surface area contributed by atoms with Crippen LogP contribution in [0.25, 0.3) is 11.1 Å². The van der Waals surface area contributed by atoms with Crippen molar-refractivity contribution in [1.82, 2.24) is 4.98 Å². The maximum Gasteiger partial charge on any atom is 0.309 e. The van der Waals surface area contributed by atoms with Crippen LogP contribution in [0.15, 0.2) is 48.7 Å². The van der Waals surface area contributed by atoms with Crippen LogP contribution < -0.4 is 9.47 Å². The van der Waals surface area contributed by atoms with Crippen LogP contribution in [-0.2, 0) is 22.6 Å². The number of hydrogen-bond donors (Lipinski definition) is 0. The zero-order valence-electron chi connectivity index (χ0n) is 23.0. The number of rotatable bonds is 8. The number of ether oxygens (including phenoxy) is 3. The highest BCUT2D eigenvalue weighted by atomic mass is 16.5. The molecule has 1 heterocycles. The number of esters is 1. The third kappa shape index (κ3) is 4.76. The summed E-state index contributed by atoms with van der Waals surface area (Å²) >= 11 is 0. The lowest BCUT2D eigenvalue weighted by atomic mass is 9.69. The Morgan fingerprint density at radius 2 is 1.92 bits per heavy atom. The van der Waals surface area contributed by atoms with Gasteiger partial charge in [-0.15, -0.1) is 0 Å². The van der Waals surface area contributed by atoms with Gasteiger partial charge >= 0.3 is 5.97 Å². The maximum absolute atomic E-state index is 12.1. The van der Waals surface area contributed by atoms with Crippen molar-refractivity contribution in [2.45, 2.75) is 65.6 Å². The second-order valence-electron chi connectivity index (χ2n) is 11.6. The first kappa shape index (κ1) is 25.4. The molecule has 0 bridgehead atoms. The average molecular weight is 523 g/mol. The summed E-state index contributed by atoms with van der Waals surface area (Å²) in [5.74, 6) is 2.01. The quantitative estimate of drug-likeness (QED) is 0.316. The molecule has 1 aromatic heterocycles. The van der Waals surface area contributed by atoms with Gasteiger partial charge in [0, 0.05) is 31.0 Å². The van der Waals surface area contributed by atoms with E-state index in [1.54, 1.807) is 0 Å². The van der Waals surface area contributed by atoms with Gasteiger partial charge in [-0.1, -0.05) is 18.2 Å². The Balaban J connectivity index is 1.11. The fraction of sp³-hybridized carbons (Fsp3) is 0.424. The van der Waals surface area contributed by atoms with Crippen molar-refractivity contribution in [2.24, 2.45) is 17.3 Å². The molecule has 0 N–H and O–H groups in total. The SMILES string of the molecule is CCOC(=O)[C@@H]1C2c3cnc(OCc4cccc(-c5c(C)cc(O[C@H]6C[C@@](C)(C#N)C6)cc5C)c4)cc3C[C@H]21. The molecule has 0 saturated heterocycles. The Hall–Kier alpha value is -3.85. The Morgan fingerprint density at radius 3 is 2.64 bits per heavy atom. The van der Waals surface area contributed by atoms with Gasteiger partial charge in [-0.05, 0) is 97.2 Å². The van der Waals surface area contributed by atoms with Crippen molar-refractivity contribution in [1.29, 1.82) is 5.26 Å². The van der Waals surface area contributed by atoms with E-state index >= 15 is 0 Å². The number of hydrogen-bond acceptors (Lipinski definition) is 6. The number of nitriles is 1. The molecule has 200 valence electrons. The number of benzene rings is 2. The van der Waals surface area contributed by atoms with Crippen molar-refractivity contribution in [2.75, 3.05) is 6.61 Å². The molecule has 3 aliphatic rings. The van der Waals surface area contributed by atoms with Crippen LogP contribution in [0.1, 0.15) is 60.4 Å². The summed E-state index contributed by atoms with van der Waals surface area (Å²) in [6.45, 7) is 8.93. The van der Waals surface area contributed by atoms with Gasteiger partial charge in [0.1, 0.15) is 18.5 Å². The third-order valence-corrected chi connectivity index (χ3v) is 8.58. The molecule has 2 fully saturated rings. The predicted octanol–water partition coefficient (Wildman–Crippen LogP) is 6.46. The van der Waals surface area contributed by atoms with Crippen LogP contribution in [0.2, 0.25) is 0 Å². The average Bonchev–Trinajstić information content (AvgIpc) is 3.48. The molecule has 0 spiro atoms. The molecule has 0 radical (unpaired) electrons. The lowest BCUT2D eigenvalue weighted by Gasteiger charge is -2.39. The minimum absolute atomic E-state index is 0.00104. The Bertz CT molecular complexity index is 1460. The van der Waals surface area contributed by atoms with Crippen LogP contribution in [0.5, 0.6) is 11.6 Å². The van der Waals surface area contributed by atoms with E-state index in [1.165, 1.54) is 16.7 Å². The molecular weight excluding hydrogens is 488 g/mol. The zero-order valence-corrected chi connectivity index (χ0v) is 23.0. The van der Waals surface area contributed by atoms with Gasteiger partial charge in [0.2, 0.25) is 5.88 Å². The van der Waals surface area contributed by atoms with Crippen molar-refractivity contribution in [3.63, 3.8) is 0 Å². The highest BCUT2D eigenvalue weighted by molar-refractivity contribution is 5.79. The van der Waals surface area contributed by atoms with Crippen molar-refractivity contribution in [3.8, 4) is 28.8 Å². The standard InChI is InChI=1S/C33H34N2O4/c1-5-37-32(36)31-26-12-23-13-28(35-16-27(23)30(26)31)38-17-21-7-6-8-22(11-21)29-19(2)9-24(10-20(29)3)39-25-14-33(4,15-25)18-34/h6-11,13,16,25-26,30-31H,5,12,14-15,17H2,1-4H3/t25-,26-,30?,31+,33+/m1/s1. The maximum atomic E-state index is 12.1. The van der Waals surface area contributed by atoms with E-state index in [9.17, 15) is 10.1 Å². The van der Waals surface area contributed by atoms with Crippen molar-refractivity contribution >= 4 is 5.97 Å². The molecule has 2 saturated carbocycles. The van der Waals surface area contributed by atoms with E-state index in [0.717, 1.165) is 47.3 Å². The number of aromatic nitrogens is 1. The van der Waals surface area contributed by atoms with Crippen LogP contribution in [0, 0.1) is 42.4 Å². The smallest absolute Gasteiger partial charge is 0.309 e. The van der Waals surface area contributed by atoms with E-state index in [-0.39, 0.29) is 29.3 Å². The lowest BCUT2D eigenvalue weighted by molar-refractivity contribution is -0.145. The molecule has 39 heavy (non-hydrogen) atoms. The molecule has 6 rings (SSSR count). The first-order valence-corrected chi connectivity index (χ1v) is 13.9. The highest BCUT2D eigenvalue weighted by Gasteiger charge is 2.60. The second kappa shape index (κ2) is 9.72. The van der Waals surface area contributed by atoms with Crippen molar-refractivity contribution < 1.29 is 19.0 Å². The monoisotopic (exact) mass is 522 g/mol. The Kier molecular flexibility index (Phi) is 6.33. The fourth-order valence-corrected chi connectivity index (χ4v) is 6.64. The molecule has 2 aromatic carbocycles. The molecule has 6 heteroatoms. The van der Waals surface area contributed by atoms with E-state index in [4.69, 9.17) is 14.2 Å². The van der Waals surface area contributed by atoms with Gasteiger partial charge in [-0.2, -0.15) is 5.26 Å². The molecule has 1 unspecified atom stereocenters. The first-order valence-electron chi connectivity index (χ1n) is 13.9. The predicted molar refractivity (Wildman–Crippen MR) is 147 cm³/mol. The molecule has 0 aliphatic heterocycles. The summed E-state index contributed by atoms with van der Waals surface area (Å²) in [5, 5.41) is 9.26. The highest BCUT2D eigenvalue weighted by Crippen LogP contribution is 2.61. The van der Waals surface area contributed by atoms with Crippen LogP contribution in [0.4, 0.5) is 0 Å². The third-order valence-electron chi connectivity index (χ3n) is 8.58. The summed E-state index contributed by atoms with van der Waals surface area (Å²) in [6.07, 6.45) is 4.43. The Morgan fingerprint density at radius 1 is 1.15 bits per heavy atom. The summed E-state index contributed by atoms with van der Waals surface area (Å²) in [4.78, 5) is 16.7. The van der Waals surface area contributed by atoms with E-state index in [0.29, 0.717) is 25.0 Å². The van der Waals surface area contributed by atoms with E-state index < -0.39 is 0 Å². The van der Waals surface area contributed by atoms with Gasteiger partial charge in [0.25, 0.3) is 0 Å². The fourth-order valence-electron chi connectivity index (χ4n) is 6.64. The van der Waals surface area contributed by atoms with Crippen LogP contribution in [-0.4, -0.2) is 23.7 Å². The van der Waals surface area contributed by atoms with Gasteiger partial charge in [-0.3, -0.25) is 4.79 Å². The normalized spacial score (nSPS) is 26.0. The molecule has 6 nitrogen and oxygen atoms in total. The minimum Gasteiger partial charge on any atom is -0.490 e. The first-order chi connectivity index (χ1) is 18.8. The van der Waals surface area contributed by atoms with Gasteiger partial charge < -0.3 is 14.2 Å². The van der Waals surface area contributed by atoms with Crippen LogP contribution >= 0.6 is 0 Å². The number of pyridine rings is 1. The zero-order chi connectivity index (χ0) is 27.3. The number of carbonyl (C=O) groups is 1. The summed E-state index contributed by atoms with van der Waals surface area (Å²) in [7, 11) is 0. The minimum atomic E-state index is -0.250. The van der Waals surface area contributed by atoms with E-state index in [1.807, 2.05) is 26.1 Å². The summed E-state index contributed by atoms with van der Waals surface area (Å²) in [6, 6.07) is 17.0. The van der Waals surface area contributed by atoms with Gasteiger partial charge in [0.15, 0.2) is 0 Å². The van der Waals surface area contributed by atoms with E-state index in [2.05, 4.69) is 61.3 Å². The number of carbonyl (C=O) groups excluding carboxylic acids is 1.